The molecule has 29 nitrogen and oxygen atoms in total. The molecule has 5 rings (SSSR count). The number of ether oxygens (including phenoxy) is 3. The van der Waals surface area contributed by atoms with Gasteiger partial charge in [0.15, 0.2) is 18.6 Å². The standard InChI is InChI=1S/C26H33N5O24P4/c1-27-13-5-3-2-4-12(13)24(37)52-21-19(35)15(51-23(21)31-9-7-17(33)29-26(31)39)11-49-57(42,43)54-59(46,47)55-58(44,45)53-56(40,41)48-10-14-18(34)20(36)22(50-14)30-8-6-16(32)28-25(30)38/h2-9,14-15,18-23,27,34-36H,10-11H2,1H3,(H,40,41)(H,42,43)(H,44,45)(H,46,47)(H,28,32,38)(H,29,33,39)/t14-,15-,18-,19-,20-,21-,22-,23-/m1/s1. The highest BCUT2D eigenvalue weighted by Crippen LogP contribution is 2.71. The van der Waals surface area contributed by atoms with Gasteiger partial charge >= 0.3 is 48.6 Å². The van der Waals surface area contributed by atoms with E-state index in [1.165, 1.54) is 25.2 Å². The Kier molecular flexibility index (Phi) is 14.2. The van der Waals surface area contributed by atoms with Gasteiger partial charge in [-0.15, -0.1) is 0 Å². The molecule has 0 amide bonds. The average Bonchev–Trinajstić information content (AvgIpc) is 3.58. The summed E-state index contributed by atoms with van der Waals surface area (Å²) in [7, 11) is -23.0. The second-order valence-corrected chi connectivity index (χ2v) is 18.2. The fraction of sp³-hybridized carbons (Fsp3) is 0.423. The van der Waals surface area contributed by atoms with Crippen LogP contribution in [0.2, 0.25) is 0 Å². The van der Waals surface area contributed by atoms with Gasteiger partial charge in [0.05, 0.1) is 18.8 Å². The fourth-order valence-electron chi connectivity index (χ4n) is 5.43. The summed E-state index contributed by atoms with van der Waals surface area (Å²) >= 11 is 0. The minimum atomic E-state index is -6.33. The molecule has 326 valence electrons. The van der Waals surface area contributed by atoms with E-state index in [-0.39, 0.29) is 11.3 Å². The summed E-state index contributed by atoms with van der Waals surface area (Å²) in [6.07, 6.45) is -12.9. The first-order valence-electron chi connectivity index (χ1n) is 16.1. The Hall–Kier alpha value is -3.79. The smallest absolute Gasteiger partial charge is 0.451 e. The monoisotopic (exact) mass is 923 g/mol. The highest BCUT2D eigenvalue weighted by Gasteiger charge is 2.51. The number of benzene rings is 1. The molecule has 4 heterocycles. The van der Waals surface area contributed by atoms with Crippen LogP contribution in [-0.4, -0.2) is 117 Å². The van der Waals surface area contributed by atoms with Gasteiger partial charge in [0.1, 0.15) is 30.5 Å². The number of esters is 1. The third-order valence-electron chi connectivity index (χ3n) is 7.98. The zero-order valence-electron chi connectivity index (χ0n) is 29.4. The maximum Gasteiger partial charge on any atom is 0.490 e. The topological polar surface area (TPSA) is 423 Å². The van der Waals surface area contributed by atoms with Crippen LogP contribution in [0.3, 0.4) is 0 Å². The zero-order valence-corrected chi connectivity index (χ0v) is 33.0. The molecule has 0 saturated carbocycles. The molecule has 4 unspecified atom stereocenters. The number of para-hydroxylation sites is 1. The molecule has 2 aromatic heterocycles. The first-order chi connectivity index (χ1) is 27.4. The number of aromatic amines is 2. The highest BCUT2D eigenvalue weighted by molar-refractivity contribution is 7.69. The first kappa shape index (κ1) is 46.3. The molecule has 59 heavy (non-hydrogen) atoms. The third-order valence-corrected chi connectivity index (χ3v) is 13.9. The molecule has 2 aliphatic heterocycles. The summed E-state index contributed by atoms with van der Waals surface area (Å²) in [5.74, 6) is -1.06. The van der Waals surface area contributed by atoms with Crippen molar-refractivity contribution < 1.29 is 94.1 Å². The molecule has 3 aromatic rings. The number of aliphatic hydroxyl groups is 3. The summed E-state index contributed by atoms with van der Waals surface area (Å²) in [5, 5.41) is 34.3. The van der Waals surface area contributed by atoms with E-state index < -0.39 is 122 Å². The molecule has 10 N–H and O–H groups in total. The van der Waals surface area contributed by atoms with Crippen LogP contribution in [-0.2, 0) is 54.5 Å². The highest BCUT2D eigenvalue weighted by atomic mass is 31.3. The molecule has 2 saturated heterocycles. The number of hydrogen-bond acceptors (Lipinski definition) is 21. The van der Waals surface area contributed by atoms with Gasteiger partial charge in [-0.25, -0.2) is 32.6 Å². The molecule has 2 aliphatic rings. The molecule has 0 radical (unpaired) electrons. The maximum absolute atomic E-state index is 13.1. The SMILES string of the molecule is CNc1ccccc1C(=O)O[C@@H]1[C@H](O)[C@@H](COP(=O)(O)OP(=O)(O)OP(=O)(O)OP(=O)(O)OC[C@H]2O[C@@H](n3ccc(=O)[nH]c3=O)[C@H](O)[C@@H]2O)O[C@H]1n1ccc(=O)[nH]c1=O. The van der Waals surface area contributed by atoms with Crippen LogP contribution in [0.4, 0.5) is 5.69 Å². The van der Waals surface area contributed by atoms with Gasteiger partial charge in [0.2, 0.25) is 0 Å². The number of rotatable bonds is 17. The number of H-pyrrole nitrogens is 2. The van der Waals surface area contributed by atoms with Crippen molar-refractivity contribution in [2.24, 2.45) is 0 Å². The molecule has 0 spiro atoms. The lowest BCUT2D eigenvalue weighted by atomic mass is 10.1. The lowest BCUT2D eigenvalue weighted by Crippen LogP contribution is -2.40. The van der Waals surface area contributed by atoms with Crippen LogP contribution in [0.1, 0.15) is 22.8 Å². The van der Waals surface area contributed by atoms with Crippen LogP contribution < -0.4 is 27.8 Å². The van der Waals surface area contributed by atoms with Crippen LogP contribution in [0.15, 0.2) is 68.0 Å². The molecule has 1 aromatic carbocycles. The molecule has 2 fully saturated rings. The molecular formula is C26H33N5O24P4. The normalized spacial score (nSPS) is 28.5. The Bertz CT molecular complexity index is 2470. The minimum absolute atomic E-state index is 0.0476. The van der Waals surface area contributed by atoms with E-state index in [1.807, 2.05) is 9.97 Å². The number of carbonyl (C=O) groups excluding carboxylic acids is 1. The second-order valence-electron chi connectivity index (χ2n) is 12.0. The first-order valence-corrected chi connectivity index (χ1v) is 22.1. The van der Waals surface area contributed by atoms with Crippen LogP contribution in [0.5, 0.6) is 0 Å². The zero-order chi connectivity index (χ0) is 43.7. The molecule has 33 heteroatoms. The quantitative estimate of drug-likeness (QED) is 0.0503. The maximum atomic E-state index is 13.1. The largest absolute Gasteiger partial charge is 0.490 e. The summed E-state index contributed by atoms with van der Waals surface area (Å²) in [6.45, 7) is -2.51. The van der Waals surface area contributed by atoms with E-state index in [4.69, 9.17) is 14.2 Å². The van der Waals surface area contributed by atoms with Crippen molar-refractivity contribution in [1.82, 2.24) is 19.1 Å². The van der Waals surface area contributed by atoms with Gasteiger partial charge in [-0.2, -0.15) is 12.9 Å². The third kappa shape index (κ3) is 11.5. The van der Waals surface area contributed by atoms with Crippen molar-refractivity contribution in [3.8, 4) is 0 Å². The number of nitrogens with one attached hydrogen (secondary N) is 3. The Balaban J connectivity index is 1.20. The van der Waals surface area contributed by atoms with Crippen LogP contribution >= 0.6 is 31.3 Å². The predicted octanol–water partition coefficient (Wildman–Crippen LogP) is -2.28. The van der Waals surface area contributed by atoms with Crippen molar-refractivity contribution >= 4 is 42.9 Å². The van der Waals surface area contributed by atoms with Gasteiger partial charge in [0, 0.05) is 37.3 Å². The van der Waals surface area contributed by atoms with E-state index in [1.54, 1.807) is 6.07 Å². The summed E-state index contributed by atoms with van der Waals surface area (Å²) in [4.78, 5) is 104. The molecule has 0 aliphatic carbocycles. The number of aromatic nitrogens is 4. The Labute approximate surface area is 326 Å². The fourth-order valence-corrected chi connectivity index (χ4v) is 10.4. The van der Waals surface area contributed by atoms with E-state index in [0.29, 0.717) is 9.13 Å². The van der Waals surface area contributed by atoms with E-state index in [9.17, 15) is 77.1 Å². The summed E-state index contributed by atoms with van der Waals surface area (Å²) in [6, 6.07) is 7.64. The molecular weight excluding hydrogens is 890 g/mol. The summed E-state index contributed by atoms with van der Waals surface area (Å²) < 4.78 is 87.9. The Morgan fingerprint density at radius 1 is 0.695 bits per heavy atom. The van der Waals surface area contributed by atoms with E-state index in [2.05, 4.69) is 27.3 Å². The van der Waals surface area contributed by atoms with Gasteiger partial charge in [-0.1, -0.05) is 12.1 Å². The molecule has 0 bridgehead atoms. The van der Waals surface area contributed by atoms with Gasteiger partial charge in [0.25, 0.3) is 11.1 Å². The van der Waals surface area contributed by atoms with Crippen molar-refractivity contribution in [2.75, 3.05) is 25.6 Å². The number of hydrogen-bond donors (Lipinski definition) is 10. The number of carbonyl (C=O) groups is 1. The number of anilines is 1. The molecule has 12 atom stereocenters. The van der Waals surface area contributed by atoms with Crippen LogP contribution in [0, 0.1) is 0 Å². The number of phosphoric ester groups is 2. The lowest BCUT2D eigenvalue weighted by Gasteiger charge is -2.22. The van der Waals surface area contributed by atoms with Crippen molar-refractivity contribution in [3.05, 3.63) is 96.0 Å². The van der Waals surface area contributed by atoms with Crippen molar-refractivity contribution in [3.63, 3.8) is 0 Å². The lowest BCUT2D eigenvalue weighted by molar-refractivity contribution is -0.0596. The number of aliphatic hydroxyl groups excluding tert-OH is 3. The number of nitrogens with zero attached hydrogens (tertiary/aromatic N) is 2. The van der Waals surface area contributed by atoms with Crippen molar-refractivity contribution in [1.29, 1.82) is 0 Å². The number of phosphoric acid groups is 4. The van der Waals surface area contributed by atoms with Gasteiger partial charge in [-0.3, -0.25) is 37.7 Å². The van der Waals surface area contributed by atoms with Crippen LogP contribution in [0.25, 0.3) is 0 Å². The predicted molar refractivity (Wildman–Crippen MR) is 188 cm³/mol. The summed E-state index contributed by atoms with van der Waals surface area (Å²) in [5.41, 5.74) is -3.64. The van der Waals surface area contributed by atoms with Crippen molar-refractivity contribution in [2.45, 2.75) is 49.1 Å². The van der Waals surface area contributed by atoms with Gasteiger partial charge < -0.3 is 54.4 Å². The average molecular weight is 923 g/mol. The Morgan fingerprint density at radius 3 is 1.66 bits per heavy atom. The van der Waals surface area contributed by atoms with E-state index >= 15 is 0 Å². The minimum Gasteiger partial charge on any atom is -0.451 e. The Morgan fingerprint density at radius 2 is 1.15 bits per heavy atom. The van der Waals surface area contributed by atoms with E-state index in [0.717, 1.165) is 24.5 Å². The second kappa shape index (κ2) is 18.1. The van der Waals surface area contributed by atoms with Gasteiger partial charge in [-0.05, 0) is 12.1 Å².